The molecule has 0 saturated carbocycles. The Labute approximate surface area is 153 Å². The van der Waals surface area contributed by atoms with Crippen LogP contribution in [0.1, 0.15) is 12.6 Å². The van der Waals surface area contributed by atoms with Crippen molar-refractivity contribution in [3.05, 3.63) is 18.6 Å². The number of carboxylic acid groups (broad SMARTS) is 1. The van der Waals surface area contributed by atoms with Gasteiger partial charge in [0.2, 0.25) is 0 Å². The Hall–Kier alpha value is -1.92. The Morgan fingerprint density at radius 1 is 1.38 bits per heavy atom. The number of imidazole rings is 1. The molecule has 142 valence electrons. The number of aliphatic hydroxyl groups is 2. The number of pyridine rings is 1. The molecule has 2 aromatic rings. The molecule has 0 bridgehead atoms. The normalized spacial score (nSPS) is 27.0. The molecule has 3 rings (SSSR count). The lowest BCUT2D eigenvalue weighted by Gasteiger charge is -2.17. The van der Waals surface area contributed by atoms with Gasteiger partial charge in [0.15, 0.2) is 11.9 Å². The first kappa shape index (κ1) is 18.9. The number of nitrogens with two attached hydrogens (primary N) is 2. The fraction of sp³-hybridized carbons (Fsp3) is 0.533. The molecule has 1 fully saturated rings. The Morgan fingerprint density at radius 2 is 2.15 bits per heavy atom. The molecule has 0 aromatic carbocycles. The maximum atomic E-state index is 10.7. The molecule has 1 saturated heterocycles. The van der Waals surface area contributed by atoms with Crippen molar-refractivity contribution >= 4 is 34.6 Å². The zero-order valence-electron chi connectivity index (χ0n) is 13.8. The van der Waals surface area contributed by atoms with Crippen LogP contribution in [0.4, 0.5) is 5.69 Å². The number of carboxylic acids is 1. The number of fused-ring (bicyclic) bond motifs is 1. The average molecular weight is 383 g/mol. The molecule has 26 heavy (non-hydrogen) atoms. The smallest absolute Gasteiger partial charge is 0.320 e. The van der Waals surface area contributed by atoms with Crippen LogP contribution in [-0.4, -0.2) is 71.7 Å². The van der Waals surface area contributed by atoms with Gasteiger partial charge in [-0.25, -0.2) is 9.97 Å². The van der Waals surface area contributed by atoms with E-state index in [1.807, 2.05) is 0 Å². The largest absolute Gasteiger partial charge is 0.480 e. The fourth-order valence-electron chi connectivity index (χ4n) is 2.81. The summed E-state index contributed by atoms with van der Waals surface area (Å²) in [7, 11) is 0. The molecule has 2 aromatic heterocycles. The predicted octanol–water partition coefficient (Wildman–Crippen LogP) is -0.832. The quantitative estimate of drug-likeness (QED) is 0.380. The second kappa shape index (κ2) is 7.76. The molecule has 7 N–H and O–H groups in total. The lowest BCUT2D eigenvalue weighted by Crippen LogP contribution is -2.33. The van der Waals surface area contributed by atoms with E-state index >= 15 is 0 Å². The molecule has 0 amide bonds. The number of thioether (sulfide) groups is 1. The number of anilines is 1. The number of nitrogens with zero attached hydrogens (tertiary/aromatic N) is 3. The van der Waals surface area contributed by atoms with Crippen LogP contribution in [0.2, 0.25) is 0 Å². The second-order valence-electron chi connectivity index (χ2n) is 6.08. The van der Waals surface area contributed by atoms with Gasteiger partial charge in [0.25, 0.3) is 0 Å². The highest BCUT2D eigenvalue weighted by atomic mass is 32.2. The minimum absolute atomic E-state index is 0.309. The molecule has 1 aliphatic heterocycles. The van der Waals surface area contributed by atoms with E-state index in [1.165, 1.54) is 24.3 Å². The third kappa shape index (κ3) is 3.62. The van der Waals surface area contributed by atoms with Crippen molar-refractivity contribution in [3.63, 3.8) is 0 Å². The van der Waals surface area contributed by atoms with Gasteiger partial charge in [0, 0.05) is 11.9 Å². The topological polar surface area (TPSA) is 170 Å². The predicted molar refractivity (Wildman–Crippen MR) is 95.4 cm³/mol. The first-order valence-electron chi connectivity index (χ1n) is 8.05. The maximum absolute atomic E-state index is 10.7. The summed E-state index contributed by atoms with van der Waals surface area (Å²) in [4.78, 5) is 19.0. The van der Waals surface area contributed by atoms with Gasteiger partial charge in [-0.05, 0) is 18.2 Å². The zero-order chi connectivity index (χ0) is 18.8. The van der Waals surface area contributed by atoms with E-state index in [-0.39, 0.29) is 0 Å². The van der Waals surface area contributed by atoms with Crippen molar-refractivity contribution in [1.82, 2.24) is 14.5 Å². The van der Waals surface area contributed by atoms with Gasteiger partial charge in [-0.1, -0.05) is 0 Å². The van der Waals surface area contributed by atoms with Crippen LogP contribution in [0.25, 0.3) is 11.2 Å². The van der Waals surface area contributed by atoms with Crippen molar-refractivity contribution in [2.45, 2.75) is 37.0 Å². The molecule has 0 aliphatic carbocycles. The van der Waals surface area contributed by atoms with Crippen LogP contribution in [-0.2, 0) is 9.53 Å². The highest BCUT2D eigenvalue weighted by Crippen LogP contribution is 2.34. The first-order chi connectivity index (χ1) is 12.4. The number of aliphatic carboxylic acids is 1. The minimum atomic E-state index is -1.15. The molecule has 11 heteroatoms. The van der Waals surface area contributed by atoms with E-state index in [0.717, 1.165) is 0 Å². The van der Waals surface area contributed by atoms with Crippen molar-refractivity contribution in [1.29, 1.82) is 0 Å². The van der Waals surface area contributed by atoms with Crippen molar-refractivity contribution in [2.75, 3.05) is 17.2 Å². The summed E-state index contributed by atoms with van der Waals surface area (Å²) >= 11 is 1.41. The highest BCUT2D eigenvalue weighted by molar-refractivity contribution is 7.99. The van der Waals surface area contributed by atoms with Crippen molar-refractivity contribution in [3.8, 4) is 0 Å². The van der Waals surface area contributed by atoms with Gasteiger partial charge in [-0.15, -0.1) is 0 Å². The Morgan fingerprint density at radius 3 is 2.88 bits per heavy atom. The van der Waals surface area contributed by atoms with E-state index < -0.39 is 36.6 Å². The van der Waals surface area contributed by atoms with Gasteiger partial charge in [0.05, 0.1) is 18.1 Å². The third-order valence-electron chi connectivity index (χ3n) is 4.28. The summed E-state index contributed by atoms with van der Waals surface area (Å²) in [5.41, 5.74) is 12.8. The SMILES string of the molecule is Nc1ccnc2ncn([C@@H]3O[C@H](CSCC[C@H](N)C(=O)O)[C@@H](O)[C@H]3O)c12. The number of hydrogen-bond donors (Lipinski definition) is 5. The van der Waals surface area contributed by atoms with Gasteiger partial charge < -0.3 is 31.5 Å². The number of aromatic nitrogens is 3. The standard InChI is InChI=1S/C15H21N5O5S/c16-7-1-3-18-13-10(7)20(6-19-13)14-12(22)11(21)9(25-14)5-26-4-2-8(17)15(23)24/h1,3,6,8-9,11-12,14,21-22H,2,4-5,17H2,(H2,16,18)(H,23,24)/t8-,9+,11+,12+,14+/m0/s1. The minimum Gasteiger partial charge on any atom is -0.480 e. The number of aliphatic hydroxyl groups excluding tert-OH is 2. The van der Waals surface area contributed by atoms with E-state index in [9.17, 15) is 15.0 Å². The molecule has 10 nitrogen and oxygen atoms in total. The third-order valence-corrected chi connectivity index (χ3v) is 5.37. The molecular weight excluding hydrogens is 362 g/mol. The molecular formula is C15H21N5O5S. The molecule has 0 radical (unpaired) electrons. The lowest BCUT2D eigenvalue weighted by molar-refractivity contribution is -0.138. The van der Waals surface area contributed by atoms with E-state index in [2.05, 4.69) is 9.97 Å². The second-order valence-corrected chi connectivity index (χ2v) is 7.23. The Balaban J connectivity index is 1.65. The molecule has 5 atom stereocenters. The van der Waals surface area contributed by atoms with Crippen LogP contribution in [0.5, 0.6) is 0 Å². The van der Waals surface area contributed by atoms with E-state index in [0.29, 0.717) is 34.8 Å². The van der Waals surface area contributed by atoms with Crippen LogP contribution >= 0.6 is 11.8 Å². The van der Waals surface area contributed by atoms with Gasteiger partial charge >= 0.3 is 5.97 Å². The molecule has 0 spiro atoms. The average Bonchev–Trinajstić information content (AvgIpc) is 3.15. The summed E-state index contributed by atoms with van der Waals surface area (Å²) in [6.07, 6.45) is -0.379. The van der Waals surface area contributed by atoms with Gasteiger partial charge in [-0.3, -0.25) is 9.36 Å². The monoisotopic (exact) mass is 383 g/mol. The molecule has 3 heterocycles. The maximum Gasteiger partial charge on any atom is 0.320 e. The van der Waals surface area contributed by atoms with E-state index in [1.54, 1.807) is 10.6 Å². The summed E-state index contributed by atoms with van der Waals surface area (Å²) in [5.74, 6) is -0.149. The molecule has 1 aliphatic rings. The van der Waals surface area contributed by atoms with E-state index in [4.69, 9.17) is 21.3 Å². The lowest BCUT2D eigenvalue weighted by atomic mass is 10.1. The summed E-state index contributed by atoms with van der Waals surface area (Å²) in [6, 6.07) is 0.708. The van der Waals surface area contributed by atoms with Gasteiger partial charge in [-0.2, -0.15) is 11.8 Å². The van der Waals surface area contributed by atoms with Crippen molar-refractivity contribution < 1.29 is 24.9 Å². The van der Waals surface area contributed by atoms with Crippen LogP contribution in [0.15, 0.2) is 18.6 Å². The van der Waals surface area contributed by atoms with Crippen LogP contribution in [0.3, 0.4) is 0 Å². The zero-order valence-corrected chi connectivity index (χ0v) is 14.6. The number of rotatable bonds is 7. The van der Waals surface area contributed by atoms with Crippen LogP contribution < -0.4 is 11.5 Å². The summed E-state index contributed by atoms with van der Waals surface area (Å²) in [5, 5.41) is 29.4. The number of carbonyl (C=O) groups is 1. The Bertz CT molecular complexity index is 787. The summed E-state index contributed by atoms with van der Waals surface area (Å²) < 4.78 is 7.39. The van der Waals surface area contributed by atoms with Gasteiger partial charge in [0.1, 0.15) is 23.8 Å². The van der Waals surface area contributed by atoms with Crippen molar-refractivity contribution in [2.24, 2.45) is 5.73 Å². The highest BCUT2D eigenvalue weighted by Gasteiger charge is 2.44. The number of hydrogen-bond acceptors (Lipinski definition) is 9. The number of nitrogen functional groups attached to an aromatic ring is 1. The first-order valence-corrected chi connectivity index (χ1v) is 9.20. The summed E-state index contributed by atoms with van der Waals surface area (Å²) in [6.45, 7) is 0. The molecule has 0 unspecified atom stereocenters. The fourth-order valence-corrected chi connectivity index (χ4v) is 3.91. The van der Waals surface area contributed by atoms with Crippen LogP contribution in [0, 0.1) is 0 Å². The number of ether oxygens (including phenoxy) is 1. The Kier molecular flexibility index (Phi) is 5.63.